The molecular weight excluding hydrogens is 544 g/mol. The highest BCUT2D eigenvalue weighted by Crippen LogP contribution is 2.35. The maximum atomic E-state index is 13.0. The Hall–Kier alpha value is -4.83. The third-order valence-corrected chi connectivity index (χ3v) is 7.42. The molecule has 10 heteroatoms. The summed E-state index contributed by atoms with van der Waals surface area (Å²) in [4.78, 5) is 17.1. The highest BCUT2D eigenvalue weighted by atomic mass is 32.2. The molecule has 0 spiro atoms. The van der Waals surface area contributed by atoms with Gasteiger partial charge in [0, 0.05) is 35.4 Å². The number of anilines is 1. The van der Waals surface area contributed by atoms with Gasteiger partial charge in [0.2, 0.25) is 0 Å². The lowest BCUT2D eigenvalue weighted by Crippen LogP contribution is -2.05. The van der Waals surface area contributed by atoms with Crippen molar-refractivity contribution in [2.75, 3.05) is 33.8 Å². The smallest absolute Gasteiger partial charge is 0.187 e. The number of hydrogen-bond donors (Lipinski definition) is 1. The van der Waals surface area contributed by atoms with Crippen LogP contribution in [0.25, 0.3) is 16.8 Å². The Bertz CT molecular complexity index is 1710. The molecule has 0 aliphatic rings. The van der Waals surface area contributed by atoms with Crippen LogP contribution >= 0.6 is 0 Å². The number of fused-ring (bicyclic) bond motifs is 1. The Morgan fingerprint density at radius 2 is 1.51 bits per heavy atom. The Morgan fingerprint density at radius 1 is 0.829 bits per heavy atom. The molecule has 9 nitrogen and oxygen atoms in total. The van der Waals surface area contributed by atoms with Crippen molar-refractivity contribution in [2.45, 2.75) is 5.75 Å². The van der Waals surface area contributed by atoms with Crippen LogP contribution in [0.3, 0.4) is 0 Å². The van der Waals surface area contributed by atoms with Crippen LogP contribution in [0.2, 0.25) is 0 Å². The molecule has 0 bridgehead atoms. The number of sulfone groups is 1. The van der Waals surface area contributed by atoms with Crippen molar-refractivity contribution < 1.29 is 32.2 Å². The summed E-state index contributed by atoms with van der Waals surface area (Å²) in [7, 11) is 2.18. The Morgan fingerprint density at radius 3 is 2.17 bits per heavy atom. The minimum Gasteiger partial charge on any atom is -0.496 e. The van der Waals surface area contributed by atoms with E-state index in [-0.39, 0.29) is 23.0 Å². The van der Waals surface area contributed by atoms with Crippen molar-refractivity contribution in [2.24, 2.45) is 0 Å². The number of hydrogen-bond acceptors (Lipinski definition) is 9. The van der Waals surface area contributed by atoms with Crippen LogP contribution in [0, 0.1) is 0 Å². The van der Waals surface area contributed by atoms with E-state index in [1.807, 2.05) is 36.4 Å². The number of ether oxygens (including phenoxy) is 4. The third-order valence-electron chi connectivity index (χ3n) is 6.17. The highest BCUT2D eigenvalue weighted by Gasteiger charge is 2.15. The number of nitrogens with one attached hydrogen (secondary N) is 1. The maximum Gasteiger partial charge on any atom is 0.187 e. The van der Waals surface area contributed by atoms with Gasteiger partial charge in [-0.15, -0.1) is 0 Å². The van der Waals surface area contributed by atoms with Crippen LogP contribution in [0.5, 0.6) is 23.0 Å². The molecule has 0 saturated carbocycles. The first-order valence-electron chi connectivity index (χ1n) is 12.5. The van der Waals surface area contributed by atoms with E-state index in [2.05, 4.69) is 10.3 Å². The number of aromatic nitrogens is 1. The largest absolute Gasteiger partial charge is 0.496 e. The lowest BCUT2D eigenvalue weighted by molar-refractivity contribution is 0.104. The van der Waals surface area contributed by atoms with Crippen LogP contribution in [0.1, 0.15) is 21.6 Å². The van der Waals surface area contributed by atoms with Gasteiger partial charge in [-0.05, 0) is 35.0 Å². The minimum atomic E-state index is -3.75. The fraction of sp³-hybridized carbons (Fsp3) is 0.161. The Balaban J connectivity index is 1.50. The fourth-order valence-corrected chi connectivity index (χ4v) is 5.11. The van der Waals surface area contributed by atoms with E-state index in [4.69, 9.17) is 18.9 Å². The number of ketones is 1. The molecule has 3 aromatic carbocycles. The van der Waals surface area contributed by atoms with Crippen molar-refractivity contribution in [1.29, 1.82) is 0 Å². The molecule has 4 rings (SSSR count). The molecule has 0 saturated heterocycles. The number of rotatable bonds is 12. The number of nitrogens with zero attached hydrogens (tertiary/aromatic N) is 1. The van der Waals surface area contributed by atoms with Gasteiger partial charge in [0.1, 0.15) is 17.2 Å². The number of benzene rings is 3. The molecule has 0 aliphatic heterocycles. The molecule has 0 unspecified atom stereocenters. The van der Waals surface area contributed by atoms with E-state index in [1.54, 1.807) is 30.3 Å². The van der Waals surface area contributed by atoms with Gasteiger partial charge in [0.25, 0.3) is 0 Å². The topological polar surface area (TPSA) is 113 Å². The SMILES string of the molecule is COc1cc(OC)c(C=CS(=O)(=O)Cc2ccc(OC)c(NC=CC(=O)c3ccc4ccccc4c3)n2)c(OC)c1. The first kappa shape index (κ1) is 29.2. The minimum absolute atomic E-state index is 0.199. The molecule has 0 radical (unpaired) electrons. The Kier molecular flexibility index (Phi) is 9.26. The lowest BCUT2D eigenvalue weighted by Gasteiger charge is -2.12. The number of allylic oxidation sites excluding steroid dienone is 1. The predicted molar refractivity (Wildman–Crippen MR) is 160 cm³/mol. The van der Waals surface area contributed by atoms with Crippen molar-refractivity contribution in [3.05, 3.63) is 101 Å². The van der Waals surface area contributed by atoms with Crippen LogP contribution < -0.4 is 24.3 Å². The third kappa shape index (κ3) is 7.23. The van der Waals surface area contributed by atoms with Crippen LogP contribution in [0.4, 0.5) is 5.82 Å². The monoisotopic (exact) mass is 574 g/mol. The molecular formula is C31H30N2O7S. The van der Waals surface area contributed by atoms with E-state index in [0.717, 1.165) is 16.2 Å². The number of methoxy groups -OCH3 is 4. The summed E-state index contributed by atoms with van der Waals surface area (Å²) in [6.07, 6.45) is 4.24. The second kappa shape index (κ2) is 13.0. The second-order valence-corrected chi connectivity index (χ2v) is 10.7. The summed E-state index contributed by atoms with van der Waals surface area (Å²) < 4.78 is 47.3. The predicted octanol–water partition coefficient (Wildman–Crippen LogP) is 5.66. The van der Waals surface area contributed by atoms with Gasteiger partial charge in [0.15, 0.2) is 27.2 Å². The molecule has 212 valence electrons. The van der Waals surface area contributed by atoms with Crippen molar-refractivity contribution >= 4 is 38.3 Å². The zero-order valence-corrected chi connectivity index (χ0v) is 23.9. The first-order valence-corrected chi connectivity index (χ1v) is 14.2. The van der Waals surface area contributed by atoms with Crippen LogP contribution in [0.15, 0.2) is 84.4 Å². The number of carbonyl (C=O) groups excluding carboxylic acids is 1. The zero-order valence-electron chi connectivity index (χ0n) is 23.1. The quantitative estimate of drug-likeness (QED) is 0.169. The first-order chi connectivity index (χ1) is 19.8. The summed E-state index contributed by atoms with van der Waals surface area (Å²) in [5.41, 5.74) is 1.27. The van der Waals surface area contributed by atoms with Gasteiger partial charge in [-0.2, -0.15) is 0 Å². The lowest BCUT2D eigenvalue weighted by atomic mass is 10.0. The highest BCUT2D eigenvalue weighted by molar-refractivity contribution is 7.93. The molecule has 41 heavy (non-hydrogen) atoms. The molecule has 0 fully saturated rings. The summed E-state index contributed by atoms with van der Waals surface area (Å²) >= 11 is 0. The zero-order chi connectivity index (χ0) is 29.4. The summed E-state index contributed by atoms with van der Waals surface area (Å²) in [5, 5.41) is 6.03. The number of carbonyl (C=O) groups is 1. The summed E-state index contributed by atoms with van der Waals surface area (Å²) in [6, 6.07) is 19.7. The van der Waals surface area contributed by atoms with Gasteiger partial charge >= 0.3 is 0 Å². The van der Waals surface area contributed by atoms with Gasteiger partial charge in [-0.1, -0.05) is 36.4 Å². The average Bonchev–Trinajstić information content (AvgIpc) is 2.99. The normalized spacial score (nSPS) is 11.6. The molecule has 0 atom stereocenters. The van der Waals surface area contributed by atoms with Gasteiger partial charge < -0.3 is 24.3 Å². The fourth-order valence-electron chi connectivity index (χ4n) is 4.09. The van der Waals surface area contributed by atoms with E-state index in [1.165, 1.54) is 46.8 Å². The standard InChI is InChI=1S/C31H30N2O7S/c1-37-25-18-29(39-3)26(30(19-25)40-4)14-16-41(35,36)20-24-11-12-28(38-2)31(33-24)32-15-13-27(34)23-10-9-21-7-5-6-8-22(21)17-23/h5-19H,20H2,1-4H3,(H,32,33). The van der Waals surface area contributed by atoms with E-state index < -0.39 is 9.84 Å². The summed E-state index contributed by atoms with van der Waals surface area (Å²) in [5.74, 6) is 1.38. The number of pyridine rings is 1. The molecule has 1 heterocycles. The van der Waals surface area contributed by atoms with Crippen LogP contribution in [-0.4, -0.2) is 47.6 Å². The second-order valence-electron chi connectivity index (χ2n) is 8.81. The molecule has 0 aliphatic carbocycles. The maximum absolute atomic E-state index is 13.0. The van der Waals surface area contributed by atoms with Crippen molar-refractivity contribution in [3.8, 4) is 23.0 Å². The molecule has 0 amide bonds. The van der Waals surface area contributed by atoms with Gasteiger partial charge in [-0.3, -0.25) is 4.79 Å². The average molecular weight is 575 g/mol. The van der Waals surface area contributed by atoms with Crippen molar-refractivity contribution in [3.63, 3.8) is 0 Å². The van der Waals surface area contributed by atoms with E-state index >= 15 is 0 Å². The van der Waals surface area contributed by atoms with Gasteiger partial charge in [0.05, 0.1) is 45.4 Å². The molecule has 1 aromatic heterocycles. The van der Waals surface area contributed by atoms with Crippen LogP contribution in [-0.2, 0) is 15.6 Å². The summed E-state index contributed by atoms with van der Waals surface area (Å²) in [6.45, 7) is 0. The van der Waals surface area contributed by atoms with Crippen molar-refractivity contribution in [1.82, 2.24) is 4.98 Å². The van der Waals surface area contributed by atoms with Gasteiger partial charge in [-0.25, -0.2) is 13.4 Å². The molecule has 1 N–H and O–H groups in total. The van der Waals surface area contributed by atoms with E-state index in [0.29, 0.717) is 34.1 Å². The molecule has 4 aromatic rings. The van der Waals surface area contributed by atoms with E-state index in [9.17, 15) is 13.2 Å². The Labute approximate surface area is 239 Å².